The van der Waals surface area contributed by atoms with E-state index < -0.39 is 29.0 Å². The highest BCUT2D eigenvalue weighted by atomic mass is 19.4. The van der Waals surface area contributed by atoms with E-state index in [-0.39, 0.29) is 18.0 Å². The van der Waals surface area contributed by atoms with Crippen LogP contribution in [-0.2, 0) is 18.0 Å². The summed E-state index contributed by atoms with van der Waals surface area (Å²) >= 11 is 0. The maximum atomic E-state index is 12.9. The summed E-state index contributed by atoms with van der Waals surface area (Å²) in [5.41, 5.74) is -0.777. The van der Waals surface area contributed by atoms with Crippen molar-refractivity contribution in [3.05, 3.63) is 50.8 Å². The lowest BCUT2D eigenvalue weighted by Crippen LogP contribution is -2.46. The molecule has 0 saturated heterocycles. The fourth-order valence-electron chi connectivity index (χ4n) is 2.66. The number of hydrogen-bond donors (Lipinski definition) is 1. The molecule has 0 unspecified atom stereocenters. The molecule has 0 aliphatic carbocycles. The standard InChI is InChI=1S/C15H13F3N4O4/c1-19-22-9-5-8(3-4-10(9)26-7-13(22)24)21-12(23)6-11(15(16,17)18)20(2)14(21)25/h3-6,19H,7H2,1-2H3. The Morgan fingerprint density at radius 1 is 1.15 bits per heavy atom. The van der Waals surface area contributed by atoms with E-state index in [2.05, 4.69) is 5.43 Å². The summed E-state index contributed by atoms with van der Waals surface area (Å²) in [6, 6.07) is 4.42. The van der Waals surface area contributed by atoms with Crippen LogP contribution in [0.5, 0.6) is 5.75 Å². The van der Waals surface area contributed by atoms with Crippen LogP contribution in [0.2, 0.25) is 0 Å². The van der Waals surface area contributed by atoms with Crippen molar-refractivity contribution < 1.29 is 22.7 Å². The maximum Gasteiger partial charge on any atom is 0.431 e. The molecule has 1 aliphatic heterocycles. The third-order valence-corrected chi connectivity index (χ3v) is 3.88. The Hall–Kier alpha value is -3.08. The lowest BCUT2D eigenvalue weighted by molar-refractivity contribution is -0.144. The SMILES string of the molecule is CNN1C(=O)COc2ccc(-n3c(=O)cc(C(F)(F)F)n(C)c3=O)cc21. The number of anilines is 1. The Balaban J connectivity index is 2.22. The molecule has 1 amide bonds. The molecule has 2 aromatic rings. The fraction of sp³-hybridized carbons (Fsp3) is 0.267. The normalized spacial score (nSPS) is 14.2. The minimum absolute atomic E-state index is 0.00150. The summed E-state index contributed by atoms with van der Waals surface area (Å²) in [7, 11) is 2.41. The van der Waals surface area contributed by atoms with Gasteiger partial charge < -0.3 is 4.74 Å². The first kappa shape index (κ1) is 17.7. The van der Waals surface area contributed by atoms with E-state index in [0.717, 1.165) is 12.1 Å². The molecule has 0 fully saturated rings. The molecule has 0 atom stereocenters. The third-order valence-electron chi connectivity index (χ3n) is 3.88. The zero-order chi connectivity index (χ0) is 19.2. The topological polar surface area (TPSA) is 85.6 Å². The highest BCUT2D eigenvalue weighted by Crippen LogP contribution is 2.32. The molecule has 1 aliphatic rings. The number of carbonyl (C=O) groups is 1. The summed E-state index contributed by atoms with van der Waals surface area (Å²) < 4.78 is 45.0. The molecular formula is C15H13F3N4O4. The number of halogens is 3. The predicted molar refractivity (Wildman–Crippen MR) is 84.3 cm³/mol. The summed E-state index contributed by atoms with van der Waals surface area (Å²) in [6.07, 6.45) is -4.84. The van der Waals surface area contributed by atoms with Gasteiger partial charge in [-0.2, -0.15) is 13.2 Å². The van der Waals surface area contributed by atoms with Crippen LogP contribution in [0.15, 0.2) is 33.9 Å². The van der Waals surface area contributed by atoms with E-state index in [1.54, 1.807) is 0 Å². The molecule has 1 aromatic heterocycles. The molecule has 0 saturated carbocycles. The second-order valence-corrected chi connectivity index (χ2v) is 5.44. The van der Waals surface area contributed by atoms with Crippen LogP contribution >= 0.6 is 0 Å². The molecule has 0 spiro atoms. The minimum atomic E-state index is -4.84. The number of carbonyl (C=O) groups excluding carboxylic acids is 1. The van der Waals surface area contributed by atoms with Crippen molar-refractivity contribution in [3.63, 3.8) is 0 Å². The number of nitrogens with one attached hydrogen (secondary N) is 1. The van der Waals surface area contributed by atoms with Crippen molar-refractivity contribution in [3.8, 4) is 11.4 Å². The summed E-state index contributed by atoms with van der Waals surface area (Å²) in [5.74, 6) is -0.0932. The number of alkyl halides is 3. The number of benzene rings is 1. The molecule has 2 heterocycles. The van der Waals surface area contributed by atoms with Crippen molar-refractivity contribution in [2.75, 3.05) is 18.7 Å². The van der Waals surface area contributed by atoms with Crippen molar-refractivity contribution >= 4 is 11.6 Å². The number of nitrogens with zero attached hydrogens (tertiary/aromatic N) is 3. The molecule has 3 rings (SSSR count). The van der Waals surface area contributed by atoms with Crippen LogP contribution in [0.4, 0.5) is 18.9 Å². The Labute approximate surface area is 144 Å². The predicted octanol–water partition coefficient (Wildman–Crippen LogP) is 0.415. The molecule has 26 heavy (non-hydrogen) atoms. The monoisotopic (exact) mass is 370 g/mol. The molecule has 0 bridgehead atoms. The van der Waals surface area contributed by atoms with Crippen LogP contribution in [0.25, 0.3) is 5.69 Å². The Bertz CT molecular complexity index is 1010. The van der Waals surface area contributed by atoms with Gasteiger partial charge in [-0.3, -0.25) is 14.2 Å². The number of hydrogen-bond acceptors (Lipinski definition) is 5. The van der Waals surface area contributed by atoms with E-state index in [1.807, 2.05) is 0 Å². The first-order valence-corrected chi connectivity index (χ1v) is 7.33. The maximum absolute atomic E-state index is 12.9. The highest BCUT2D eigenvalue weighted by Gasteiger charge is 2.35. The number of amides is 1. The Morgan fingerprint density at radius 2 is 1.85 bits per heavy atom. The lowest BCUT2D eigenvalue weighted by atomic mass is 10.2. The van der Waals surface area contributed by atoms with E-state index in [0.29, 0.717) is 21.0 Å². The lowest BCUT2D eigenvalue weighted by Gasteiger charge is -2.28. The van der Waals surface area contributed by atoms with Gasteiger partial charge in [-0.15, -0.1) is 0 Å². The first-order valence-electron chi connectivity index (χ1n) is 7.33. The van der Waals surface area contributed by atoms with Crippen LogP contribution in [0, 0.1) is 0 Å². The number of fused-ring (bicyclic) bond motifs is 1. The molecule has 11 heteroatoms. The van der Waals surface area contributed by atoms with Gasteiger partial charge in [-0.05, 0) is 18.2 Å². The van der Waals surface area contributed by atoms with Crippen molar-refractivity contribution in [1.29, 1.82) is 0 Å². The Kier molecular flexibility index (Phi) is 4.11. The average Bonchev–Trinajstić information content (AvgIpc) is 2.57. The molecule has 0 radical (unpaired) electrons. The zero-order valence-electron chi connectivity index (χ0n) is 13.6. The van der Waals surface area contributed by atoms with E-state index in [1.165, 1.54) is 25.2 Å². The average molecular weight is 370 g/mol. The molecule has 8 nitrogen and oxygen atoms in total. The second kappa shape index (κ2) is 6.02. The van der Waals surface area contributed by atoms with Gasteiger partial charge in [0.1, 0.15) is 17.1 Å². The van der Waals surface area contributed by atoms with Gasteiger partial charge in [0, 0.05) is 20.2 Å². The third kappa shape index (κ3) is 2.75. The molecule has 138 valence electrons. The first-order chi connectivity index (χ1) is 12.1. The number of aromatic nitrogens is 2. The molecular weight excluding hydrogens is 357 g/mol. The zero-order valence-corrected chi connectivity index (χ0v) is 13.6. The smallest absolute Gasteiger partial charge is 0.431 e. The van der Waals surface area contributed by atoms with Crippen LogP contribution < -0.4 is 26.4 Å². The van der Waals surface area contributed by atoms with Crippen LogP contribution in [-0.4, -0.2) is 28.7 Å². The summed E-state index contributed by atoms with van der Waals surface area (Å²) in [6.45, 7) is -0.199. The summed E-state index contributed by atoms with van der Waals surface area (Å²) in [5, 5.41) is 1.15. The van der Waals surface area contributed by atoms with Gasteiger partial charge in [0.2, 0.25) is 0 Å². The summed E-state index contributed by atoms with van der Waals surface area (Å²) in [4.78, 5) is 36.4. The second-order valence-electron chi connectivity index (χ2n) is 5.44. The van der Waals surface area contributed by atoms with E-state index in [4.69, 9.17) is 4.74 Å². The van der Waals surface area contributed by atoms with E-state index in [9.17, 15) is 27.6 Å². The van der Waals surface area contributed by atoms with Crippen molar-refractivity contribution in [2.45, 2.75) is 6.18 Å². The van der Waals surface area contributed by atoms with Crippen LogP contribution in [0.1, 0.15) is 5.69 Å². The van der Waals surface area contributed by atoms with Gasteiger partial charge >= 0.3 is 11.9 Å². The fourth-order valence-corrected chi connectivity index (χ4v) is 2.66. The molecule has 1 aromatic carbocycles. The number of rotatable bonds is 2. The van der Waals surface area contributed by atoms with Gasteiger partial charge in [-0.25, -0.2) is 19.8 Å². The molecule has 1 N–H and O–H groups in total. The van der Waals surface area contributed by atoms with E-state index >= 15 is 0 Å². The van der Waals surface area contributed by atoms with Gasteiger partial charge in [0.25, 0.3) is 11.5 Å². The largest absolute Gasteiger partial charge is 0.481 e. The number of hydrazine groups is 1. The number of ether oxygens (including phenoxy) is 1. The van der Waals surface area contributed by atoms with Gasteiger partial charge in [0.05, 0.1) is 5.69 Å². The van der Waals surface area contributed by atoms with Crippen LogP contribution in [0.3, 0.4) is 0 Å². The van der Waals surface area contributed by atoms with Gasteiger partial charge in [-0.1, -0.05) is 0 Å². The highest BCUT2D eigenvalue weighted by molar-refractivity contribution is 5.97. The minimum Gasteiger partial charge on any atom is -0.481 e. The van der Waals surface area contributed by atoms with Crippen molar-refractivity contribution in [1.82, 2.24) is 14.6 Å². The Morgan fingerprint density at radius 3 is 2.46 bits per heavy atom. The van der Waals surface area contributed by atoms with Gasteiger partial charge in [0.15, 0.2) is 6.61 Å². The van der Waals surface area contributed by atoms with Crippen molar-refractivity contribution in [2.24, 2.45) is 7.05 Å². The quantitative estimate of drug-likeness (QED) is 0.828.